The molecule has 0 atom stereocenters. The van der Waals surface area contributed by atoms with Crippen molar-refractivity contribution in [2.24, 2.45) is 15.9 Å². The van der Waals surface area contributed by atoms with Gasteiger partial charge in [-0.05, 0) is 72.6 Å². The minimum absolute atomic E-state index is 0.0321. The number of pyridine rings is 2. The number of aliphatic imine (C=N–C) groups is 2. The van der Waals surface area contributed by atoms with Crippen LogP contribution in [-0.4, -0.2) is 59.4 Å². The van der Waals surface area contributed by atoms with Crippen LogP contribution in [0.25, 0.3) is 10.9 Å². The minimum atomic E-state index is 0.0321. The van der Waals surface area contributed by atoms with Crippen LogP contribution in [0.2, 0.25) is 0 Å². The molecular formula is C23H31N7O. The van der Waals surface area contributed by atoms with E-state index in [4.69, 9.17) is 0 Å². The summed E-state index contributed by atoms with van der Waals surface area (Å²) in [4.78, 5) is 32.2. The molecule has 0 aromatic carbocycles. The molecule has 2 N–H and O–H groups in total. The van der Waals surface area contributed by atoms with E-state index < -0.39 is 0 Å². The van der Waals surface area contributed by atoms with Gasteiger partial charge in [-0.15, -0.1) is 0 Å². The van der Waals surface area contributed by atoms with Crippen LogP contribution in [0.5, 0.6) is 0 Å². The summed E-state index contributed by atoms with van der Waals surface area (Å²) in [6, 6.07) is 4.09. The van der Waals surface area contributed by atoms with Crippen molar-refractivity contribution in [1.29, 1.82) is 0 Å². The predicted molar refractivity (Wildman–Crippen MR) is 127 cm³/mol. The number of hydrogen-bond donors (Lipinski definition) is 2. The van der Waals surface area contributed by atoms with E-state index in [0.717, 1.165) is 48.1 Å². The zero-order valence-electron chi connectivity index (χ0n) is 18.7. The Morgan fingerprint density at radius 2 is 2.00 bits per heavy atom. The number of piperidine rings is 1. The third kappa shape index (κ3) is 6.18. The van der Waals surface area contributed by atoms with E-state index in [0.29, 0.717) is 11.6 Å². The Balaban J connectivity index is 1.79. The van der Waals surface area contributed by atoms with E-state index >= 15 is 0 Å². The molecule has 3 rings (SSSR count). The second-order valence-corrected chi connectivity index (χ2v) is 8.25. The lowest BCUT2D eigenvalue weighted by molar-refractivity contribution is -0.121. The first-order valence-electron chi connectivity index (χ1n) is 10.6. The van der Waals surface area contributed by atoms with Crippen molar-refractivity contribution in [3.05, 3.63) is 42.1 Å². The minimum Gasteiger partial charge on any atom is -0.367 e. The van der Waals surface area contributed by atoms with Gasteiger partial charge in [0.15, 0.2) is 0 Å². The molecule has 0 bridgehead atoms. The molecule has 1 aliphatic heterocycles. The molecule has 1 fully saturated rings. The zero-order valence-corrected chi connectivity index (χ0v) is 18.7. The van der Waals surface area contributed by atoms with Gasteiger partial charge in [-0.25, -0.2) is 9.98 Å². The summed E-state index contributed by atoms with van der Waals surface area (Å²) >= 11 is 0. The Kier molecular flexibility index (Phi) is 7.46. The Hall–Kier alpha value is -3.13. The standard InChI is InChI=1S/C23H31N7O/c1-15(2)27-22(14-24-4)28-16(3)19-10-18-11-21(26-13-20(18)25-12-19)29-23(31)17-6-8-30(5)9-7-17/h10-15,17,27H,4,6-9H2,1-3,5H3,(H,26,29,31)/b22-14-,28-16?. The van der Waals surface area contributed by atoms with Crippen molar-refractivity contribution in [3.8, 4) is 0 Å². The maximum Gasteiger partial charge on any atom is 0.228 e. The molecule has 0 aliphatic carbocycles. The monoisotopic (exact) mass is 421 g/mol. The topological polar surface area (TPSA) is 94.9 Å². The lowest BCUT2D eigenvalue weighted by atomic mass is 9.96. The number of amides is 1. The molecule has 1 aliphatic rings. The van der Waals surface area contributed by atoms with Gasteiger partial charge in [0.05, 0.1) is 17.9 Å². The Labute approximate surface area is 183 Å². The number of carbonyl (C=O) groups is 1. The van der Waals surface area contributed by atoms with Crippen molar-refractivity contribution in [1.82, 2.24) is 20.2 Å². The molecule has 164 valence electrons. The number of aromatic nitrogens is 2. The van der Waals surface area contributed by atoms with Crippen LogP contribution in [0.4, 0.5) is 5.82 Å². The fraction of sp³-hybridized carbons (Fsp3) is 0.435. The number of fused-ring (bicyclic) bond motifs is 1. The number of anilines is 1. The quantitative estimate of drug-likeness (QED) is 0.670. The van der Waals surface area contributed by atoms with Crippen LogP contribution in [0.3, 0.4) is 0 Å². The molecule has 0 saturated carbocycles. The van der Waals surface area contributed by atoms with Gasteiger partial charge in [-0.1, -0.05) is 0 Å². The summed E-state index contributed by atoms with van der Waals surface area (Å²) < 4.78 is 0. The van der Waals surface area contributed by atoms with Gasteiger partial charge in [-0.2, -0.15) is 0 Å². The van der Waals surface area contributed by atoms with E-state index in [2.05, 4.69) is 49.3 Å². The van der Waals surface area contributed by atoms with Crippen LogP contribution >= 0.6 is 0 Å². The van der Waals surface area contributed by atoms with Crippen molar-refractivity contribution < 1.29 is 4.79 Å². The first-order chi connectivity index (χ1) is 14.9. The normalized spacial score (nSPS) is 16.5. The van der Waals surface area contributed by atoms with Crippen LogP contribution in [0.15, 0.2) is 46.5 Å². The van der Waals surface area contributed by atoms with Crippen molar-refractivity contribution in [2.45, 2.75) is 39.7 Å². The number of likely N-dealkylation sites (tertiary alicyclic amines) is 1. The Morgan fingerprint density at radius 3 is 2.68 bits per heavy atom. The average molecular weight is 422 g/mol. The van der Waals surface area contributed by atoms with E-state index in [9.17, 15) is 4.79 Å². The molecule has 1 saturated heterocycles. The van der Waals surface area contributed by atoms with Crippen LogP contribution < -0.4 is 10.6 Å². The molecular weight excluding hydrogens is 390 g/mol. The van der Waals surface area contributed by atoms with Crippen LogP contribution in [0, 0.1) is 5.92 Å². The highest BCUT2D eigenvalue weighted by molar-refractivity contribution is 6.02. The number of rotatable bonds is 7. The molecule has 8 heteroatoms. The molecule has 2 aromatic rings. The van der Waals surface area contributed by atoms with Gasteiger partial charge in [0.25, 0.3) is 0 Å². The van der Waals surface area contributed by atoms with Gasteiger partial charge in [-0.3, -0.25) is 14.8 Å². The van der Waals surface area contributed by atoms with E-state index in [1.54, 1.807) is 18.6 Å². The lowest BCUT2D eigenvalue weighted by Gasteiger charge is -2.27. The average Bonchev–Trinajstić information content (AvgIpc) is 2.73. The van der Waals surface area contributed by atoms with Gasteiger partial charge >= 0.3 is 0 Å². The van der Waals surface area contributed by atoms with E-state index in [1.807, 2.05) is 32.9 Å². The Bertz CT molecular complexity index is 1000. The summed E-state index contributed by atoms with van der Waals surface area (Å²) in [5.74, 6) is 1.25. The highest BCUT2D eigenvalue weighted by Gasteiger charge is 2.23. The third-order valence-corrected chi connectivity index (χ3v) is 5.26. The second kappa shape index (κ2) is 10.3. The summed E-state index contributed by atoms with van der Waals surface area (Å²) in [6.45, 7) is 11.4. The number of nitrogens with zero attached hydrogens (tertiary/aromatic N) is 5. The number of carbonyl (C=O) groups excluding carboxylic acids is 1. The molecule has 2 aromatic heterocycles. The molecule has 0 spiro atoms. The van der Waals surface area contributed by atoms with Gasteiger partial charge in [0.1, 0.15) is 11.6 Å². The molecule has 0 radical (unpaired) electrons. The second-order valence-electron chi connectivity index (χ2n) is 8.25. The highest BCUT2D eigenvalue weighted by atomic mass is 16.1. The van der Waals surface area contributed by atoms with Crippen molar-refractivity contribution in [2.75, 3.05) is 25.5 Å². The molecule has 0 unspecified atom stereocenters. The van der Waals surface area contributed by atoms with Gasteiger partial charge in [0.2, 0.25) is 5.91 Å². The van der Waals surface area contributed by atoms with Crippen molar-refractivity contribution in [3.63, 3.8) is 0 Å². The lowest BCUT2D eigenvalue weighted by Crippen LogP contribution is -2.36. The fourth-order valence-corrected chi connectivity index (χ4v) is 3.52. The molecule has 1 amide bonds. The molecule has 8 nitrogen and oxygen atoms in total. The summed E-state index contributed by atoms with van der Waals surface area (Å²) in [5, 5.41) is 7.11. The smallest absolute Gasteiger partial charge is 0.228 e. The largest absolute Gasteiger partial charge is 0.367 e. The number of nitrogens with one attached hydrogen (secondary N) is 2. The van der Waals surface area contributed by atoms with Crippen molar-refractivity contribution >= 4 is 35.1 Å². The maximum atomic E-state index is 12.6. The first kappa shape index (κ1) is 22.6. The zero-order chi connectivity index (χ0) is 22.4. The van der Waals surface area contributed by atoms with Crippen LogP contribution in [-0.2, 0) is 4.79 Å². The summed E-state index contributed by atoms with van der Waals surface area (Å²) in [7, 11) is 2.08. The van der Waals surface area contributed by atoms with Crippen LogP contribution in [0.1, 0.15) is 39.2 Å². The third-order valence-electron chi connectivity index (χ3n) is 5.26. The SMILES string of the molecule is C=N/C=C(\N=C(C)c1cnc2cnc(NC(=O)C3CCN(C)CC3)cc2c1)NC(C)C. The number of hydrogen-bond acceptors (Lipinski definition) is 7. The Morgan fingerprint density at radius 1 is 1.26 bits per heavy atom. The van der Waals surface area contributed by atoms with Gasteiger partial charge < -0.3 is 15.5 Å². The molecule has 3 heterocycles. The van der Waals surface area contributed by atoms with E-state index in [1.165, 1.54) is 0 Å². The fourth-order valence-electron chi connectivity index (χ4n) is 3.52. The maximum absolute atomic E-state index is 12.6. The highest BCUT2D eigenvalue weighted by Crippen LogP contribution is 2.20. The molecule has 31 heavy (non-hydrogen) atoms. The predicted octanol–water partition coefficient (Wildman–Crippen LogP) is 3.22. The van der Waals surface area contributed by atoms with Gasteiger partial charge in [0, 0.05) is 34.8 Å². The summed E-state index contributed by atoms with van der Waals surface area (Å²) in [5.41, 5.74) is 2.44. The first-order valence-corrected chi connectivity index (χ1v) is 10.6. The summed E-state index contributed by atoms with van der Waals surface area (Å²) in [6.07, 6.45) is 6.80. The van der Waals surface area contributed by atoms with E-state index in [-0.39, 0.29) is 17.9 Å².